The number of H-pyrrole nitrogens is 1. The van der Waals surface area contributed by atoms with E-state index in [1.165, 1.54) is 0 Å². The Morgan fingerprint density at radius 3 is 3.05 bits per heavy atom. The number of nitrogens with zero attached hydrogens (tertiary/aromatic N) is 4. The summed E-state index contributed by atoms with van der Waals surface area (Å²) in [5.74, 6) is 2.01. The lowest BCUT2D eigenvalue weighted by molar-refractivity contribution is 0.133. The smallest absolute Gasteiger partial charge is 0.224 e. The number of aromatic nitrogens is 4. The monoisotopic (exact) mass is 260 g/mol. The van der Waals surface area contributed by atoms with Crippen molar-refractivity contribution < 1.29 is 5.11 Å². The van der Waals surface area contributed by atoms with Crippen molar-refractivity contribution in [2.24, 2.45) is 11.8 Å². The van der Waals surface area contributed by atoms with Crippen molar-refractivity contribution in [1.29, 1.82) is 0 Å². The first kappa shape index (κ1) is 11.0. The molecule has 7 heteroatoms. The van der Waals surface area contributed by atoms with Crippen LogP contribution in [0.2, 0.25) is 0 Å². The van der Waals surface area contributed by atoms with Gasteiger partial charge < -0.3 is 15.7 Å². The highest BCUT2D eigenvalue weighted by Gasteiger charge is 2.42. The van der Waals surface area contributed by atoms with Crippen LogP contribution in [0.3, 0.4) is 0 Å². The molecule has 1 saturated heterocycles. The summed E-state index contributed by atoms with van der Waals surface area (Å²) in [4.78, 5) is 10.7. The summed E-state index contributed by atoms with van der Waals surface area (Å²) in [6.45, 7) is 1.76. The van der Waals surface area contributed by atoms with Crippen molar-refractivity contribution in [2.75, 3.05) is 23.7 Å². The average Bonchev–Trinajstić information content (AvgIpc) is 3.05. The second-order valence-electron chi connectivity index (χ2n) is 5.51. The first-order chi connectivity index (χ1) is 9.22. The molecule has 3 heterocycles. The number of nitrogens with one attached hydrogen (secondary N) is 1. The molecule has 1 saturated carbocycles. The van der Waals surface area contributed by atoms with E-state index in [2.05, 4.69) is 25.1 Å². The molecule has 2 aliphatic rings. The van der Waals surface area contributed by atoms with Crippen LogP contribution in [0.15, 0.2) is 6.20 Å². The summed E-state index contributed by atoms with van der Waals surface area (Å²) >= 11 is 0. The predicted octanol–water partition coefficient (Wildman–Crippen LogP) is 0.142. The minimum Gasteiger partial charge on any atom is -0.393 e. The van der Waals surface area contributed by atoms with Gasteiger partial charge >= 0.3 is 0 Å². The lowest BCUT2D eigenvalue weighted by Crippen LogP contribution is -2.25. The predicted molar refractivity (Wildman–Crippen MR) is 70.5 cm³/mol. The second-order valence-corrected chi connectivity index (χ2v) is 5.51. The molecule has 0 aromatic carbocycles. The van der Waals surface area contributed by atoms with Crippen molar-refractivity contribution >= 4 is 22.8 Å². The summed E-state index contributed by atoms with van der Waals surface area (Å²) in [7, 11) is 0. The maximum absolute atomic E-state index is 9.99. The lowest BCUT2D eigenvalue weighted by atomic mass is 10.00. The molecular formula is C12H16N6O. The zero-order chi connectivity index (χ0) is 13.0. The van der Waals surface area contributed by atoms with Gasteiger partial charge in [0.05, 0.1) is 17.7 Å². The van der Waals surface area contributed by atoms with Gasteiger partial charge in [0.15, 0.2) is 5.65 Å². The fraction of sp³-hybridized carbons (Fsp3) is 0.583. The fourth-order valence-electron chi connectivity index (χ4n) is 3.49. The number of fused-ring (bicyclic) bond motifs is 2. The van der Waals surface area contributed by atoms with E-state index in [-0.39, 0.29) is 12.1 Å². The highest BCUT2D eigenvalue weighted by molar-refractivity contribution is 5.87. The number of aliphatic hydroxyl groups excluding tert-OH is 1. The zero-order valence-electron chi connectivity index (χ0n) is 10.5. The molecule has 2 aromatic heterocycles. The van der Waals surface area contributed by atoms with Gasteiger partial charge in [0.2, 0.25) is 5.95 Å². The van der Waals surface area contributed by atoms with Gasteiger partial charge in [-0.25, -0.2) is 0 Å². The van der Waals surface area contributed by atoms with Gasteiger partial charge in [-0.15, -0.1) is 0 Å². The Hall–Kier alpha value is -1.89. The minimum atomic E-state index is -0.172. The third-order valence-electron chi connectivity index (χ3n) is 4.43. The first-order valence-electron chi connectivity index (χ1n) is 6.62. The molecule has 0 radical (unpaired) electrons. The molecule has 2 aromatic rings. The van der Waals surface area contributed by atoms with Gasteiger partial charge in [0, 0.05) is 19.0 Å². The quantitative estimate of drug-likeness (QED) is 0.674. The summed E-state index contributed by atoms with van der Waals surface area (Å²) in [5.41, 5.74) is 6.42. The number of aromatic amines is 1. The van der Waals surface area contributed by atoms with Crippen molar-refractivity contribution in [1.82, 2.24) is 20.2 Å². The normalized spacial score (nSPS) is 30.2. The van der Waals surface area contributed by atoms with Gasteiger partial charge in [-0.05, 0) is 18.8 Å². The second kappa shape index (κ2) is 3.80. The molecule has 3 atom stereocenters. The van der Waals surface area contributed by atoms with Crippen molar-refractivity contribution in [2.45, 2.75) is 18.9 Å². The standard InChI is InChI=1S/C12H16N6O/c13-12-15-10-7(3-14-17-10)11(16-12)18-4-6-1-2-9(19)8(6)5-18/h3,6,8-9,19H,1-2,4-5H2,(H3,13,14,15,16,17). The van der Waals surface area contributed by atoms with Gasteiger partial charge in [-0.3, -0.25) is 5.10 Å². The number of rotatable bonds is 1. The Morgan fingerprint density at radius 1 is 1.32 bits per heavy atom. The number of hydrogen-bond donors (Lipinski definition) is 3. The third-order valence-corrected chi connectivity index (χ3v) is 4.43. The SMILES string of the molecule is Nc1nc(N2CC3CCC(O)C3C2)c2cn[nH]c2n1. The largest absolute Gasteiger partial charge is 0.393 e. The van der Waals surface area contributed by atoms with E-state index < -0.39 is 0 Å². The molecule has 0 bridgehead atoms. The molecule has 0 spiro atoms. The maximum atomic E-state index is 9.99. The number of hydrogen-bond acceptors (Lipinski definition) is 6. The number of nitrogen functional groups attached to an aromatic ring is 1. The number of aliphatic hydroxyl groups is 1. The molecule has 2 fully saturated rings. The topological polar surface area (TPSA) is 104 Å². The average molecular weight is 260 g/mol. The molecule has 7 nitrogen and oxygen atoms in total. The van der Waals surface area contributed by atoms with Crippen LogP contribution < -0.4 is 10.6 Å². The molecule has 3 unspecified atom stereocenters. The zero-order valence-corrected chi connectivity index (χ0v) is 10.5. The van der Waals surface area contributed by atoms with E-state index in [4.69, 9.17) is 5.73 Å². The van der Waals surface area contributed by atoms with E-state index in [0.29, 0.717) is 17.5 Å². The van der Waals surface area contributed by atoms with Crippen LogP contribution >= 0.6 is 0 Å². The van der Waals surface area contributed by atoms with Crippen LogP contribution in [0.1, 0.15) is 12.8 Å². The number of anilines is 2. The van der Waals surface area contributed by atoms with Crippen molar-refractivity contribution in [3.63, 3.8) is 0 Å². The Labute approximate surface area is 109 Å². The highest BCUT2D eigenvalue weighted by atomic mass is 16.3. The van der Waals surface area contributed by atoms with Gasteiger partial charge in [-0.1, -0.05) is 0 Å². The van der Waals surface area contributed by atoms with Crippen LogP contribution in [-0.2, 0) is 0 Å². The van der Waals surface area contributed by atoms with Gasteiger partial charge in [-0.2, -0.15) is 15.1 Å². The van der Waals surface area contributed by atoms with Crippen LogP contribution in [0, 0.1) is 11.8 Å². The van der Waals surface area contributed by atoms with E-state index >= 15 is 0 Å². The Morgan fingerprint density at radius 2 is 2.21 bits per heavy atom. The third kappa shape index (κ3) is 1.58. The van der Waals surface area contributed by atoms with Crippen LogP contribution in [0.5, 0.6) is 0 Å². The highest BCUT2D eigenvalue weighted by Crippen LogP contribution is 2.40. The summed E-state index contributed by atoms with van der Waals surface area (Å²) in [5, 5.41) is 17.7. The van der Waals surface area contributed by atoms with E-state index in [0.717, 1.165) is 37.1 Å². The Balaban J connectivity index is 1.74. The van der Waals surface area contributed by atoms with Gasteiger partial charge in [0.25, 0.3) is 0 Å². The Bertz CT molecular complexity index is 626. The molecule has 4 rings (SSSR count). The summed E-state index contributed by atoms with van der Waals surface area (Å²) < 4.78 is 0. The molecule has 1 aliphatic heterocycles. The first-order valence-corrected chi connectivity index (χ1v) is 6.62. The molecule has 0 amide bonds. The van der Waals surface area contributed by atoms with E-state index in [1.807, 2.05) is 0 Å². The molecule has 100 valence electrons. The van der Waals surface area contributed by atoms with Gasteiger partial charge in [0.1, 0.15) is 5.82 Å². The fourth-order valence-corrected chi connectivity index (χ4v) is 3.49. The van der Waals surface area contributed by atoms with E-state index in [9.17, 15) is 5.11 Å². The van der Waals surface area contributed by atoms with Crippen LogP contribution in [0.25, 0.3) is 11.0 Å². The molecule has 1 aliphatic carbocycles. The number of nitrogens with two attached hydrogens (primary N) is 1. The van der Waals surface area contributed by atoms with Crippen LogP contribution in [0.4, 0.5) is 11.8 Å². The molecule has 4 N–H and O–H groups in total. The van der Waals surface area contributed by atoms with Crippen LogP contribution in [-0.4, -0.2) is 44.5 Å². The molecular weight excluding hydrogens is 244 g/mol. The van der Waals surface area contributed by atoms with Crippen molar-refractivity contribution in [3.05, 3.63) is 6.20 Å². The van der Waals surface area contributed by atoms with Crippen molar-refractivity contribution in [3.8, 4) is 0 Å². The van der Waals surface area contributed by atoms with E-state index in [1.54, 1.807) is 6.20 Å². The lowest BCUT2D eigenvalue weighted by Gasteiger charge is -2.20. The maximum Gasteiger partial charge on any atom is 0.224 e. The summed E-state index contributed by atoms with van der Waals surface area (Å²) in [6.07, 6.45) is 3.58. The Kier molecular flexibility index (Phi) is 2.20. The summed E-state index contributed by atoms with van der Waals surface area (Å²) in [6, 6.07) is 0. The minimum absolute atomic E-state index is 0.172. The molecule has 19 heavy (non-hydrogen) atoms.